The first-order valence-corrected chi connectivity index (χ1v) is 6.71. The normalized spacial score (nSPS) is 20.1. The number of amides is 1. The highest BCUT2D eigenvalue weighted by Crippen LogP contribution is 2.25. The first-order valence-electron chi connectivity index (χ1n) is 6.71. The predicted molar refractivity (Wildman–Crippen MR) is 78.9 cm³/mol. The Morgan fingerprint density at radius 1 is 1.25 bits per heavy atom. The maximum atomic E-state index is 12.1. The smallest absolute Gasteiger partial charge is 0.253 e. The summed E-state index contributed by atoms with van der Waals surface area (Å²) in [5, 5.41) is 5.93. The molecule has 20 heavy (non-hydrogen) atoms. The summed E-state index contributed by atoms with van der Waals surface area (Å²) in [6.45, 7) is 7.18. The fourth-order valence-corrected chi connectivity index (χ4v) is 2.61. The van der Waals surface area contributed by atoms with E-state index in [1.54, 1.807) is 7.11 Å². The topological polar surface area (TPSA) is 62.7 Å². The Morgan fingerprint density at radius 3 is 2.50 bits per heavy atom. The molecular weight excluding hydrogens is 254 g/mol. The van der Waals surface area contributed by atoms with Gasteiger partial charge in [0, 0.05) is 7.11 Å². The standard InChI is InChI=1S/C15H21N3O2/c1-9-7-10(2)12(11(3)8-9)13-14(19)18-15(17-13)16-5-6-20-4/h7-8,13H,5-6H2,1-4H3,(H2,16,17,18,19). The zero-order chi connectivity index (χ0) is 14.7. The second-order valence-electron chi connectivity index (χ2n) is 5.10. The molecule has 0 saturated carbocycles. The van der Waals surface area contributed by atoms with Crippen molar-refractivity contribution in [3.8, 4) is 0 Å². The van der Waals surface area contributed by atoms with Crippen molar-refractivity contribution < 1.29 is 9.53 Å². The van der Waals surface area contributed by atoms with E-state index in [4.69, 9.17) is 4.74 Å². The first-order chi connectivity index (χ1) is 9.52. The Labute approximate surface area is 119 Å². The van der Waals surface area contributed by atoms with Crippen molar-refractivity contribution in [2.45, 2.75) is 26.8 Å². The molecule has 1 saturated heterocycles. The molecule has 0 aliphatic carbocycles. The average Bonchev–Trinajstić information content (AvgIpc) is 2.70. The fraction of sp³-hybridized carbons (Fsp3) is 0.467. The zero-order valence-electron chi connectivity index (χ0n) is 12.4. The largest absolute Gasteiger partial charge is 0.383 e. The molecule has 5 heteroatoms. The summed E-state index contributed by atoms with van der Waals surface area (Å²) in [6, 6.07) is 3.83. The third-order valence-corrected chi connectivity index (χ3v) is 3.38. The van der Waals surface area contributed by atoms with Crippen LogP contribution < -0.4 is 10.6 Å². The van der Waals surface area contributed by atoms with Gasteiger partial charge in [0.2, 0.25) is 0 Å². The summed E-state index contributed by atoms with van der Waals surface area (Å²) >= 11 is 0. The van der Waals surface area contributed by atoms with Crippen LogP contribution in [0.1, 0.15) is 28.3 Å². The summed E-state index contributed by atoms with van der Waals surface area (Å²) < 4.78 is 4.94. The Hall–Kier alpha value is -1.88. The number of hydrogen-bond donors (Lipinski definition) is 2. The number of ether oxygens (including phenoxy) is 1. The summed E-state index contributed by atoms with van der Waals surface area (Å²) in [5.74, 6) is 0.465. The molecule has 0 spiro atoms. The van der Waals surface area contributed by atoms with Crippen molar-refractivity contribution in [1.82, 2.24) is 10.6 Å². The van der Waals surface area contributed by atoms with Gasteiger partial charge in [-0.1, -0.05) is 17.7 Å². The molecule has 1 aromatic carbocycles. The lowest BCUT2D eigenvalue weighted by Crippen LogP contribution is -2.26. The molecule has 2 N–H and O–H groups in total. The van der Waals surface area contributed by atoms with Crippen LogP contribution in [-0.2, 0) is 9.53 Å². The minimum absolute atomic E-state index is 0.0591. The minimum atomic E-state index is -0.364. The molecule has 5 nitrogen and oxygen atoms in total. The molecule has 0 bridgehead atoms. The highest BCUT2D eigenvalue weighted by molar-refractivity contribution is 6.07. The number of carbonyl (C=O) groups excluding carboxylic acids is 1. The van der Waals surface area contributed by atoms with Gasteiger partial charge in [-0.05, 0) is 37.5 Å². The van der Waals surface area contributed by atoms with E-state index in [1.807, 2.05) is 13.8 Å². The Kier molecular flexibility index (Phi) is 4.39. The number of aliphatic imine (C=N–C) groups is 1. The molecule has 1 fully saturated rings. The van der Waals surface area contributed by atoms with Crippen LogP contribution in [0.4, 0.5) is 0 Å². The number of carbonyl (C=O) groups is 1. The average molecular weight is 275 g/mol. The second-order valence-corrected chi connectivity index (χ2v) is 5.10. The van der Waals surface area contributed by atoms with Crippen LogP contribution in [0, 0.1) is 20.8 Å². The van der Waals surface area contributed by atoms with Crippen molar-refractivity contribution in [2.24, 2.45) is 4.99 Å². The van der Waals surface area contributed by atoms with Crippen molar-refractivity contribution in [1.29, 1.82) is 0 Å². The van der Waals surface area contributed by atoms with E-state index in [0.29, 0.717) is 19.1 Å². The van der Waals surface area contributed by atoms with Crippen LogP contribution in [0.3, 0.4) is 0 Å². The minimum Gasteiger partial charge on any atom is -0.383 e. The van der Waals surface area contributed by atoms with Gasteiger partial charge in [0.1, 0.15) is 6.04 Å². The van der Waals surface area contributed by atoms with Gasteiger partial charge in [-0.25, -0.2) is 0 Å². The third kappa shape index (κ3) is 2.99. The molecule has 0 radical (unpaired) electrons. The molecule has 1 amide bonds. The summed E-state index contributed by atoms with van der Waals surface area (Å²) in [6.07, 6.45) is 0. The highest BCUT2D eigenvalue weighted by Gasteiger charge is 2.31. The van der Waals surface area contributed by atoms with Crippen molar-refractivity contribution >= 4 is 11.9 Å². The van der Waals surface area contributed by atoms with Crippen molar-refractivity contribution in [3.63, 3.8) is 0 Å². The Morgan fingerprint density at radius 2 is 1.90 bits per heavy atom. The van der Waals surface area contributed by atoms with Gasteiger partial charge >= 0.3 is 0 Å². The molecule has 1 aliphatic heterocycles. The van der Waals surface area contributed by atoms with Gasteiger partial charge in [0.15, 0.2) is 5.96 Å². The number of benzene rings is 1. The number of hydrogen-bond acceptors (Lipinski definition) is 3. The number of methoxy groups -OCH3 is 1. The number of nitrogens with one attached hydrogen (secondary N) is 2. The van der Waals surface area contributed by atoms with E-state index < -0.39 is 0 Å². The van der Waals surface area contributed by atoms with Gasteiger partial charge in [0.25, 0.3) is 5.91 Å². The molecule has 1 aromatic rings. The van der Waals surface area contributed by atoms with Crippen LogP contribution in [0.25, 0.3) is 0 Å². The van der Waals surface area contributed by atoms with Crippen LogP contribution in [0.2, 0.25) is 0 Å². The first kappa shape index (κ1) is 14.5. The van der Waals surface area contributed by atoms with Crippen LogP contribution in [-0.4, -0.2) is 32.1 Å². The third-order valence-electron chi connectivity index (χ3n) is 3.38. The van der Waals surface area contributed by atoms with Crippen LogP contribution in [0.15, 0.2) is 17.1 Å². The number of guanidine groups is 1. The van der Waals surface area contributed by atoms with Crippen molar-refractivity contribution in [3.05, 3.63) is 34.4 Å². The number of aryl methyl sites for hydroxylation is 3. The lowest BCUT2D eigenvalue weighted by atomic mass is 9.94. The second kappa shape index (κ2) is 6.05. The lowest BCUT2D eigenvalue weighted by Gasteiger charge is -2.15. The van der Waals surface area contributed by atoms with Crippen LogP contribution >= 0.6 is 0 Å². The maximum Gasteiger partial charge on any atom is 0.253 e. The molecule has 108 valence electrons. The molecule has 1 heterocycles. The maximum absolute atomic E-state index is 12.1. The quantitative estimate of drug-likeness (QED) is 0.816. The lowest BCUT2D eigenvalue weighted by molar-refractivity contribution is -0.120. The van der Waals surface area contributed by atoms with Gasteiger partial charge < -0.3 is 10.1 Å². The molecule has 0 aromatic heterocycles. The summed E-state index contributed by atoms with van der Waals surface area (Å²) in [5.41, 5.74) is 4.47. The van der Waals surface area contributed by atoms with Gasteiger partial charge in [-0.2, -0.15) is 0 Å². The number of rotatable bonds is 4. The van der Waals surface area contributed by atoms with E-state index in [-0.39, 0.29) is 11.9 Å². The van der Waals surface area contributed by atoms with Gasteiger partial charge in [-0.3, -0.25) is 15.1 Å². The number of nitrogens with zero attached hydrogens (tertiary/aromatic N) is 1. The van der Waals surface area contributed by atoms with Crippen molar-refractivity contribution in [2.75, 3.05) is 20.3 Å². The van der Waals surface area contributed by atoms with E-state index in [2.05, 4.69) is 34.7 Å². The zero-order valence-corrected chi connectivity index (χ0v) is 12.4. The highest BCUT2D eigenvalue weighted by atomic mass is 16.5. The molecule has 2 rings (SSSR count). The SMILES string of the molecule is COCCN=C1NC(=O)C(c2c(C)cc(C)cc2C)N1. The summed E-state index contributed by atoms with van der Waals surface area (Å²) in [7, 11) is 1.63. The molecule has 1 unspecified atom stereocenters. The van der Waals surface area contributed by atoms with Gasteiger partial charge in [-0.15, -0.1) is 0 Å². The Balaban J connectivity index is 2.22. The van der Waals surface area contributed by atoms with Gasteiger partial charge in [0.05, 0.1) is 13.2 Å². The predicted octanol–water partition coefficient (Wildman–Crippen LogP) is 1.37. The van der Waals surface area contributed by atoms with E-state index >= 15 is 0 Å². The van der Waals surface area contributed by atoms with E-state index in [1.165, 1.54) is 5.56 Å². The molecule has 1 atom stereocenters. The van der Waals surface area contributed by atoms with E-state index in [9.17, 15) is 4.79 Å². The Bertz CT molecular complexity index is 529. The van der Waals surface area contributed by atoms with Crippen LogP contribution in [0.5, 0.6) is 0 Å². The monoisotopic (exact) mass is 275 g/mol. The fourth-order valence-electron chi connectivity index (χ4n) is 2.61. The molecule has 1 aliphatic rings. The summed E-state index contributed by atoms with van der Waals surface area (Å²) in [4.78, 5) is 16.4. The van der Waals surface area contributed by atoms with E-state index in [0.717, 1.165) is 16.7 Å². The molecular formula is C15H21N3O2.